The van der Waals surface area contributed by atoms with E-state index in [4.69, 9.17) is 34.8 Å². The van der Waals surface area contributed by atoms with Crippen LogP contribution in [-0.4, -0.2) is 9.55 Å². The second-order valence-electron chi connectivity index (χ2n) is 5.29. The predicted octanol–water partition coefficient (Wildman–Crippen LogP) is 6.58. The van der Waals surface area contributed by atoms with Gasteiger partial charge in [-0.25, -0.2) is 4.98 Å². The lowest BCUT2D eigenvalue weighted by Gasteiger charge is -2.11. The van der Waals surface area contributed by atoms with E-state index in [9.17, 15) is 13.2 Å². The van der Waals surface area contributed by atoms with Gasteiger partial charge >= 0.3 is 6.18 Å². The normalized spacial score (nSPS) is 11.8. The maximum atomic E-state index is 13.4. The van der Waals surface area contributed by atoms with Crippen LogP contribution in [-0.2, 0) is 12.7 Å². The van der Waals surface area contributed by atoms with E-state index < -0.39 is 12.0 Å². The molecule has 2 nitrogen and oxygen atoms in total. The van der Waals surface area contributed by atoms with E-state index in [1.54, 1.807) is 48.5 Å². The highest BCUT2D eigenvalue weighted by molar-refractivity contribution is 6.32. The van der Waals surface area contributed by atoms with Crippen molar-refractivity contribution in [1.29, 1.82) is 0 Å². The minimum Gasteiger partial charge on any atom is -0.306 e. The quantitative estimate of drug-likeness (QED) is 0.481. The van der Waals surface area contributed by atoms with Crippen molar-refractivity contribution in [3.63, 3.8) is 0 Å². The topological polar surface area (TPSA) is 17.8 Å². The first-order valence-electron chi connectivity index (χ1n) is 7.09. The number of halogens is 6. The molecule has 0 aliphatic heterocycles. The van der Waals surface area contributed by atoms with Crippen LogP contribution in [0.15, 0.2) is 48.5 Å². The molecule has 0 saturated carbocycles. The Balaban J connectivity index is 2.09. The summed E-state index contributed by atoms with van der Waals surface area (Å²) in [6, 6.07) is 12.8. The van der Waals surface area contributed by atoms with Crippen LogP contribution in [0.25, 0.3) is 11.3 Å². The van der Waals surface area contributed by atoms with E-state index in [2.05, 4.69) is 4.98 Å². The van der Waals surface area contributed by atoms with Gasteiger partial charge in [0.15, 0.2) is 0 Å². The average Bonchev–Trinajstić information content (AvgIpc) is 2.88. The van der Waals surface area contributed by atoms with E-state index >= 15 is 0 Å². The minimum atomic E-state index is -4.64. The van der Waals surface area contributed by atoms with Crippen LogP contribution in [0.3, 0.4) is 0 Å². The van der Waals surface area contributed by atoms with Crippen LogP contribution < -0.4 is 0 Å². The summed E-state index contributed by atoms with van der Waals surface area (Å²) in [6.45, 7) is -0.0779. The first-order chi connectivity index (χ1) is 11.8. The first-order valence-corrected chi connectivity index (χ1v) is 8.22. The van der Waals surface area contributed by atoms with Crippen molar-refractivity contribution in [2.24, 2.45) is 0 Å². The molecule has 0 atom stereocenters. The fraction of sp³-hybridized carbons (Fsp3) is 0.118. The van der Waals surface area contributed by atoms with Crippen LogP contribution in [0.5, 0.6) is 0 Å². The second-order valence-corrected chi connectivity index (χ2v) is 6.52. The fourth-order valence-electron chi connectivity index (χ4n) is 2.36. The van der Waals surface area contributed by atoms with Crippen molar-refractivity contribution < 1.29 is 13.2 Å². The van der Waals surface area contributed by atoms with Gasteiger partial charge < -0.3 is 4.57 Å². The maximum absolute atomic E-state index is 13.4. The number of nitrogens with zero attached hydrogens (tertiary/aromatic N) is 2. The van der Waals surface area contributed by atoms with Gasteiger partial charge in [0, 0.05) is 15.6 Å². The number of imidazole rings is 1. The van der Waals surface area contributed by atoms with Crippen molar-refractivity contribution >= 4 is 34.8 Å². The molecule has 0 aliphatic rings. The van der Waals surface area contributed by atoms with Crippen LogP contribution >= 0.6 is 34.8 Å². The van der Waals surface area contributed by atoms with Gasteiger partial charge in [0.25, 0.3) is 0 Å². The molecule has 0 spiro atoms. The molecule has 1 aromatic heterocycles. The molecule has 1 heterocycles. The Hall–Kier alpha value is -1.69. The monoisotopic (exact) mass is 404 g/mol. The molecule has 0 unspecified atom stereocenters. The molecule has 0 bridgehead atoms. The molecular weight excluding hydrogens is 396 g/mol. The Labute approximate surface area is 156 Å². The van der Waals surface area contributed by atoms with Gasteiger partial charge in [-0.15, -0.1) is 0 Å². The summed E-state index contributed by atoms with van der Waals surface area (Å²) in [4.78, 5) is 3.73. The van der Waals surface area contributed by atoms with Gasteiger partial charge in [-0.3, -0.25) is 0 Å². The fourth-order valence-corrected chi connectivity index (χ4v) is 2.90. The average molecular weight is 406 g/mol. The highest BCUT2D eigenvalue weighted by Crippen LogP contribution is 2.37. The highest BCUT2D eigenvalue weighted by Gasteiger charge is 2.39. The van der Waals surface area contributed by atoms with Gasteiger partial charge in [0.1, 0.15) is 10.8 Å². The summed E-state index contributed by atoms with van der Waals surface area (Å²) in [6.07, 6.45) is -4.64. The summed E-state index contributed by atoms with van der Waals surface area (Å²) >= 11 is 17.9. The Morgan fingerprint density at radius 2 is 1.36 bits per heavy atom. The van der Waals surface area contributed by atoms with Crippen LogP contribution in [0, 0.1) is 0 Å². The van der Waals surface area contributed by atoms with Crippen molar-refractivity contribution in [3.8, 4) is 11.3 Å². The molecule has 3 rings (SSSR count). The lowest BCUT2D eigenvalue weighted by Crippen LogP contribution is -2.15. The third-order valence-electron chi connectivity index (χ3n) is 3.53. The summed E-state index contributed by atoms with van der Waals surface area (Å²) in [5.74, 6) is -1.06. The molecule has 0 aliphatic carbocycles. The molecule has 2 aromatic carbocycles. The third kappa shape index (κ3) is 3.94. The number of alkyl halides is 3. The zero-order valence-electron chi connectivity index (χ0n) is 12.5. The molecule has 0 N–H and O–H groups in total. The molecule has 0 saturated heterocycles. The highest BCUT2D eigenvalue weighted by atomic mass is 35.5. The number of rotatable bonds is 3. The molecular formula is C17H10Cl3F3N2. The van der Waals surface area contributed by atoms with E-state index in [1.165, 1.54) is 0 Å². The third-order valence-corrected chi connectivity index (χ3v) is 4.42. The van der Waals surface area contributed by atoms with Gasteiger partial charge in [-0.05, 0) is 29.8 Å². The maximum Gasteiger partial charge on any atom is 0.449 e. The zero-order valence-corrected chi connectivity index (χ0v) is 14.8. The number of aromatic nitrogens is 2. The molecule has 0 radical (unpaired) electrons. The Morgan fingerprint density at radius 1 is 0.840 bits per heavy atom. The lowest BCUT2D eigenvalue weighted by atomic mass is 10.2. The Morgan fingerprint density at radius 3 is 1.88 bits per heavy atom. The number of hydrogen-bond acceptors (Lipinski definition) is 1. The largest absolute Gasteiger partial charge is 0.449 e. The van der Waals surface area contributed by atoms with Crippen molar-refractivity contribution in [3.05, 3.63) is 75.1 Å². The van der Waals surface area contributed by atoms with Gasteiger partial charge in [0.2, 0.25) is 5.82 Å². The molecule has 3 aromatic rings. The van der Waals surface area contributed by atoms with E-state index in [0.29, 0.717) is 21.2 Å². The Kier molecular flexibility index (Phi) is 5.00. The zero-order chi connectivity index (χ0) is 18.2. The van der Waals surface area contributed by atoms with Crippen LogP contribution in [0.1, 0.15) is 11.4 Å². The van der Waals surface area contributed by atoms with Gasteiger partial charge in [-0.2, -0.15) is 13.2 Å². The standard InChI is InChI=1S/C17H10Cl3F3N2/c18-12-5-1-10(2-6-12)9-25-15(20)14(24-16(25)17(21,22)23)11-3-7-13(19)8-4-11/h1-8H,9H2. The summed E-state index contributed by atoms with van der Waals surface area (Å²) in [5, 5.41) is 0.875. The van der Waals surface area contributed by atoms with E-state index in [0.717, 1.165) is 4.57 Å². The minimum absolute atomic E-state index is 0.0552. The summed E-state index contributed by atoms with van der Waals surface area (Å²) in [5.41, 5.74) is 1.13. The van der Waals surface area contributed by atoms with Crippen LogP contribution in [0.2, 0.25) is 15.2 Å². The number of benzene rings is 2. The van der Waals surface area contributed by atoms with E-state index in [1.807, 2.05) is 0 Å². The molecule has 8 heteroatoms. The van der Waals surface area contributed by atoms with Crippen molar-refractivity contribution in [1.82, 2.24) is 9.55 Å². The molecule has 0 fully saturated rings. The van der Waals surface area contributed by atoms with Gasteiger partial charge in [-0.1, -0.05) is 59.1 Å². The summed E-state index contributed by atoms with van der Waals surface area (Å²) < 4.78 is 41.2. The second kappa shape index (κ2) is 6.90. The molecule has 130 valence electrons. The first kappa shape index (κ1) is 18.1. The SMILES string of the molecule is FC(F)(F)c1nc(-c2ccc(Cl)cc2)c(Cl)n1Cc1ccc(Cl)cc1. The molecule has 0 amide bonds. The lowest BCUT2D eigenvalue weighted by molar-refractivity contribution is -0.147. The number of hydrogen-bond donors (Lipinski definition) is 0. The summed E-state index contributed by atoms with van der Waals surface area (Å²) in [7, 11) is 0. The van der Waals surface area contributed by atoms with Crippen LogP contribution in [0.4, 0.5) is 13.2 Å². The Bertz CT molecular complexity index is 885. The van der Waals surface area contributed by atoms with Crippen molar-refractivity contribution in [2.75, 3.05) is 0 Å². The van der Waals surface area contributed by atoms with Gasteiger partial charge in [0.05, 0.1) is 6.54 Å². The van der Waals surface area contributed by atoms with E-state index in [-0.39, 0.29) is 17.4 Å². The smallest absolute Gasteiger partial charge is 0.306 e. The predicted molar refractivity (Wildman–Crippen MR) is 93.2 cm³/mol. The van der Waals surface area contributed by atoms with Crippen molar-refractivity contribution in [2.45, 2.75) is 12.7 Å². The molecule has 25 heavy (non-hydrogen) atoms.